The molecule has 136 valence electrons. The Kier molecular flexibility index (Phi) is 5.08. The number of hydrogen-bond donors (Lipinski definition) is 1. The van der Waals surface area contributed by atoms with Gasteiger partial charge in [0.05, 0.1) is 4.88 Å². The molecule has 0 radical (unpaired) electrons. The highest BCUT2D eigenvalue weighted by molar-refractivity contribution is 7.12. The Hall–Kier alpha value is -2.67. The van der Waals surface area contributed by atoms with E-state index in [1.54, 1.807) is 25.1 Å². The molecule has 0 saturated heterocycles. The average molecular weight is 371 g/mol. The van der Waals surface area contributed by atoms with E-state index < -0.39 is 6.04 Å². The molecule has 3 amide bonds. The second-order valence-corrected chi connectivity index (χ2v) is 7.48. The summed E-state index contributed by atoms with van der Waals surface area (Å²) in [6.07, 6.45) is 0.462. The summed E-state index contributed by atoms with van der Waals surface area (Å²) in [5.74, 6) is -0.379. The van der Waals surface area contributed by atoms with Crippen LogP contribution in [-0.2, 0) is 22.6 Å². The fraction of sp³-hybridized carbons (Fsp3) is 0.316. The molecule has 0 saturated carbocycles. The number of anilines is 1. The van der Waals surface area contributed by atoms with Crippen molar-refractivity contribution in [2.24, 2.45) is 0 Å². The molecule has 0 fully saturated rings. The van der Waals surface area contributed by atoms with Crippen LogP contribution in [0.3, 0.4) is 0 Å². The zero-order valence-corrected chi connectivity index (χ0v) is 15.8. The lowest BCUT2D eigenvalue weighted by atomic mass is 9.92. The van der Waals surface area contributed by atoms with Crippen molar-refractivity contribution in [2.45, 2.75) is 25.9 Å². The molecule has 6 nitrogen and oxygen atoms in total. The molecule has 0 bridgehead atoms. The van der Waals surface area contributed by atoms with Gasteiger partial charge in [0.1, 0.15) is 6.04 Å². The van der Waals surface area contributed by atoms with E-state index in [0.717, 1.165) is 11.1 Å². The molecule has 1 aliphatic rings. The van der Waals surface area contributed by atoms with Crippen molar-refractivity contribution in [3.05, 3.63) is 51.7 Å². The quantitative estimate of drug-likeness (QED) is 0.900. The number of hydrogen-bond acceptors (Lipinski definition) is 4. The first-order valence-corrected chi connectivity index (χ1v) is 9.20. The van der Waals surface area contributed by atoms with Crippen LogP contribution in [0.4, 0.5) is 5.69 Å². The van der Waals surface area contributed by atoms with E-state index in [2.05, 4.69) is 5.32 Å². The van der Waals surface area contributed by atoms with E-state index in [1.807, 2.05) is 29.6 Å². The van der Waals surface area contributed by atoms with E-state index in [0.29, 0.717) is 23.5 Å². The third-order valence-electron chi connectivity index (χ3n) is 4.38. The molecule has 1 aromatic carbocycles. The predicted molar refractivity (Wildman–Crippen MR) is 101 cm³/mol. The lowest BCUT2D eigenvalue weighted by Gasteiger charge is -2.37. The first-order chi connectivity index (χ1) is 12.4. The molecule has 2 heterocycles. The average Bonchev–Trinajstić information content (AvgIpc) is 3.13. The zero-order chi connectivity index (χ0) is 18.8. The summed E-state index contributed by atoms with van der Waals surface area (Å²) >= 11 is 1.37. The topological polar surface area (TPSA) is 69.7 Å². The Balaban J connectivity index is 1.96. The van der Waals surface area contributed by atoms with Gasteiger partial charge >= 0.3 is 0 Å². The molecule has 1 atom stereocenters. The molecular weight excluding hydrogens is 350 g/mol. The Morgan fingerprint density at radius 2 is 1.96 bits per heavy atom. The van der Waals surface area contributed by atoms with Gasteiger partial charge in [-0.15, -0.1) is 11.3 Å². The van der Waals surface area contributed by atoms with Gasteiger partial charge in [0.15, 0.2) is 0 Å². The number of amides is 3. The maximum Gasteiger partial charge on any atom is 0.264 e. The van der Waals surface area contributed by atoms with Crippen LogP contribution in [-0.4, -0.2) is 47.7 Å². The highest BCUT2D eigenvalue weighted by atomic mass is 32.1. The van der Waals surface area contributed by atoms with Crippen molar-refractivity contribution in [1.82, 2.24) is 9.80 Å². The molecule has 1 N–H and O–H groups in total. The largest absolute Gasteiger partial charge is 0.347 e. The third-order valence-corrected chi connectivity index (χ3v) is 5.23. The van der Waals surface area contributed by atoms with Crippen molar-refractivity contribution >= 4 is 34.7 Å². The van der Waals surface area contributed by atoms with E-state index in [9.17, 15) is 14.4 Å². The minimum Gasteiger partial charge on any atom is -0.347 e. The number of nitrogens with one attached hydrogen (secondary N) is 1. The summed E-state index contributed by atoms with van der Waals surface area (Å²) in [7, 11) is 3.40. The van der Waals surface area contributed by atoms with Crippen LogP contribution in [0.1, 0.15) is 27.7 Å². The summed E-state index contributed by atoms with van der Waals surface area (Å²) in [4.78, 5) is 40.7. The van der Waals surface area contributed by atoms with Crippen LogP contribution in [0.2, 0.25) is 0 Å². The third kappa shape index (κ3) is 3.62. The van der Waals surface area contributed by atoms with E-state index in [4.69, 9.17) is 0 Å². The van der Waals surface area contributed by atoms with Gasteiger partial charge in [-0.2, -0.15) is 0 Å². The summed E-state index contributed by atoms with van der Waals surface area (Å²) in [5.41, 5.74) is 2.66. The number of carbonyl (C=O) groups excluding carboxylic acids is 3. The van der Waals surface area contributed by atoms with Crippen LogP contribution in [0.15, 0.2) is 35.7 Å². The van der Waals surface area contributed by atoms with E-state index in [-0.39, 0.29) is 17.7 Å². The zero-order valence-electron chi connectivity index (χ0n) is 15.0. The van der Waals surface area contributed by atoms with Crippen LogP contribution in [0, 0.1) is 0 Å². The van der Waals surface area contributed by atoms with Crippen molar-refractivity contribution in [3.63, 3.8) is 0 Å². The van der Waals surface area contributed by atoms with Crippen LogP contribution in [0.5, 0.6) is 0 Å². The summed E-state index contributed by atoms with van der Waals surface area (Å²) in [5, 5.41) is 4.61. The number of likely N-dealkylation sites (N-methyl/N-ethyl adjacent to an activating group) is 1. The molecule has 1 aromatic heterocycles. The molecule has 2 aromatic rings. The van der Waals surface area contributed by atoms with Gasteiger partial charge in [0.25, 0.3) is 5.91 Å². The van der Waals surface area contributed by atoms with Crippen LogP contribution in [0.25, 0.3) is 0 Å². The first-order valence-electron chi connectivity index (χ1n) is 8.32. The van der Waals surface area contributed by atoms with Gasteiger partial charge in [-0.25, -0.2) is 0 Å². The van der Waals surface area contributed by atoms with E-state index in [1.165, 1.54) is 23.2 Å². The minimum absolute atomic E-state index is 0.0912. The molecule has 0 spiro atoms. The normalized spacial score (nSPS) is 16.0. The number of carbonyl (C=O) groups is 3. The van der Waals surface area contributed by atoms with Gasteiger partial charge in [-0.05, 0) is 34.7 Å². The van der Waals surface area contributed by atoms with Crippen molar-refractivity contribution in [3.8, 4) is 0 Å². The molecule has 26 heavy (non-hydrogen) atoms. The highest BCUT2D eigenvalue weighted by Crippen LogP contribution is 2.29. The van der Waals surface area contributed by atoms with Crippen LogP contribution < -0.4 is 5.32 Å². The van der Waals surface area contributed by atoms with Crippen LogP contribution >= 0.6 is 11.3 Å². The second kappa shape index (κ2) is 7.29. The maximum atomic E-state index is 13.0. The maximum absolute atomic E-state index is 13.0. The minimum atomic E-state index is -0.529. The second-order valence-electron chi connectivity index (χ2n) is 6.53. The van der Waals surface area contributed by atoms with Gasteiger partial charge in [-0.1, -0.05) is 12.1 Å². The fourth-order valence-corrected chi connectivity index (χ4v) is 3.82. The standard InChI is InChI=1S/C19H21N3O3S/c1-12(23)20-15-7-6-13-10-16(18(24)21(2)3)22(11-14(13)9-15)19(25)17-5-4-8-26-17/h4-9,16H,10-11H2,1-3H3,(H,20,23). The monoisotopic (exact) mass is 371 g/mol. The van der Waals surface area contributed by atoms with Gasteiger partial charge in [0, 0.05) is 39.7 Å². The predicted octanol–water partition coefficient (Wildman–Crippen LogP) is 2.36. The summed E-state index contributed by atoms with van der Waals surface area (Å²) in [6.45, 7) is 1.79. The molecule has 0 aliphatic carbocycles. The Bertz CT molecular complexity index is 846. The Morgan fingerprint density at radius 1 is 1.19 bits per heavy atom. The molecule has 1 unspecified atom stereocenters. The SMILES string of the molecule is CC(=O)Nc1ccc2c(c1)CN(C(=O)c1cccs1)C(C(=O)N(C)C)C2. The van der Waals surface area contributed by atoms with Gasteiger partial charge in [0.2, 0.25) is 11.8 Å². The number of benzene rings is 1. The van der Waals surface area contributed by atoms with Crippen molar-refractivity contribution in [2.75, 3.05) is 19.4 Å². The highest BCUT2D eigenvalue weighted by Gasteiger charge is 2.36. The molecule has 7 heteroatoms. The summed E-state index contributed by atoms with van der Waals surface area (Å²) in [6, 6.07) is 8.69. The Morgan fingerprint density at radius 3 is 2.58 bits per heavy atom. The van der Waals surface area contributed by atoms with Crippen molar-refractivity contribution < 1.29 is 14.4 Å². The van der Waals surface area contributed by atoms with Gasteiger partial charge < -0.3 is 15.1 Å². The number of thiophene rings is 1. The lowest BCUT2D eigenvalue weighted by molar-refractivity contribution is -0.134. The molecule has 1 aliphatic heterocycles. The van der Waals surface area contributed by atoms with Gasteiger partial charge in [-0.3, -0.25) is 14.4 Å². The van der Waals surface area contributed by atoms with E-state index >= 15 is 0 Å². The number of fused-ring (bicyclic) bond motifs is 1. The fourth-order valence-electron chi connectivity index (χ4n) is 3.14. The number of nitrogens with zero attached hydrogens (tertiary/aromatic N) is 2. The molecular formula is C19H21N3O3S. The number of rotatable bonds is 3. The smallest absolute Gasteiger partial charge is 0.264 e. The lowest BCUT2D eigenvalue weighted by Crippen LogP contribution is -2.52. The first kappa shape index (κ1) is 18.1. The Labute approximate surface area is 156 Å². The summed E-state index contributed by atoms with van der Waals surface area (Å²) < 4.78 is 0. The molecule has 3 rings (SSSR count). The van der Waals surface area contributed by atoms with Crippen molar-refractivity contribution in [1.29, 1.82) is 0 Å².